The van der Waals surface area contributed by atoms with E-state index in [-0.39, 0.29) is 11.5 Å². The molecule has 0 bridgehead atoms. The fourth-order valence-electron chi connectivity index (χ4n) is 1.52. The van der Waals surface area contributed by atoms with Crippen LogP contribution in [0.5, 0.6) is 0 Å². The number of amides is 2. The molecule has 1 rings (SSSR count). The van der Waals surface area contributed by atoms with E-state index in [4.69, 9.17) is 0 Å². The maximum absolute atomic E-state index is 11.9. The van der Waals surface area contributed by atoms with Gasteiger partial charge < -0.3 is 15.4 Å². The Morgan fingerprint density at radius 1 is 1.23 bits per heavy atom. The molecule has 0 radical (unpaired) electrons. The van der Waals surface area contributed by atoms with Crippen molar-refractivity contribution in [3.63, 3.8) is 0 Å². The lowest BCUT2D eigenvalue weighted by atomic mass is 10.2. The highest BCUT2D eigenvalue weighted by Crippen LogP contribution is 2.11. The third-order valence-corrected chi connectivity index (χ3v) is 2.69. The number of benzene rings is 1. The highest BCUT2D eigenvalue weighted by molar-refractivity contribution is 6.07. The van der Waals surface area contributed by atoms with Crippen LogP contribution in [0.4, 0.5) is 5.69 Å². The minimum Gasteiger partial charge on any atom is -0.465 e. The molecule has 1 aromatic rings. The third kappa shape index (κ3) is 5.24. The molecule has 0 aliphatic heterocycles. The first-order valence-corrected chi connectivity index (χ1v) is 6.54. The van der Waals surface area contributed by atoms with Crippen LogP contribution in [0.2, 0.25) is 0 Å². The number of methoxy groups -OCH3 is 1. The van der Waals surface area contributed by atoms with Crippen molar-refractivity contribution in [3.05, 3.63) is 54.1 Å². The zero-order valence-corrected chi connectivity index (χ0v) is 12.5. The fraction of sp³-hybridized carbons (Fsp3) is 0.188. The lowest BCUT2D eigenvalue weighted by molar-refractivity contribution is -0.117. The van der Waals surface area contributed by atoms with Gasteiger partial charge in [0.25, 0.3) is 5.91 Å². The summed E-state index contributed by atoms with van der Waals surface area (Å²) in [5, 5.41) is 5.17. The normalized spacial score (nSPS) is 10.5. The monoisotopic (exact) mass is 302 g/mol. The molecule has 22 heavy (non-hydrogen) atoms. The van der Waals surface area contributed by atoms with Gasteiger partial charge in [-0.2, -0.15) is 0 Å². The molecule has 0 saturated heterocycles. The van der Waals surface area contributed by atoms with Crippen LogP contribution >= 0.6 is 0 Å². The summed E-state index contributed by atoms with van der Waals surface area (Å²) < 4.78 is 4.58. The first-order valence-electron chi connectivity index (χ1n) is 6.54. The number of ether oxygens (including phenoxy) is 1. The highest BCUT2D eigenvalue weighted by atomic mass is 16.5. The highest BCUT2D eigenvalue weighted by Gasteiger charge is 2.08. The molecule has 0 aromatic heterocycles. The Morgan fingerprint density at radius 2 is 1.86 bits per heavy atom. The first-order chi connectivity index (χ1) is 10.5. The van der Waals surface area contributed by atoms with Crippen molar-refractivity contribution in [3.8, 4) is 0 Å². The van der Waals surface area contributed by atoms with Crippen LogP contribution in [0.25, 0.3) is 0 Å². The Morgan fingerprint density at radius 3 is 2.41 bits per heavy atom. The SMILES string of the molecule is C=CCNC(=O)/C=C(\C)C(=O)Nc1ccc(C(=O)OC)cc1. The number of hydrogen-bond donors (Lipinski definition) is 2. The van der Waals surface area contributed by atoms with Gasteiger partial charge in [0.2, 0.25) is 5.91 Å². The molecule has 6 nitrogen and oxygen atoms in total. The Kier molecular flexibility index (Phi) is 6.56. The van der Waals surface area contributed by atoms with Gasteiger partial charge in [-0.15, -0.1) is 6.58 Å². The van der Waals surface area contributed by atoms with Crippen molar-refractivity contribution in [1.29, 1.82) is 0 Å². The van der Waals surface area contributed by atoms with Crippen LogP contribution in [-0.2, 0) is 14.3 Å². The molecule has 0 atom stereocenters. The van der Waals surface area contributed by atoms with Crippen LogP contribution < -0.4 is 10.6 Å². The zero-order chi connectivity index (χ0) is 16.5. The molecular formula is C16H18N2O4. The van der Waals surface area contributed by atoms with Gasteiger partial charge >= 0.3 is 5.97 Å². The first kappa shape index (κ1) is 17.2. The summed E-state index contributed by atoms with van der Waals surface area (Å²) in [5.41, 5.74) is 1.16. The van der Waals surface area contributed by atoms with Crippen molar-refractivity contribution in [2.75, 3.05) is 19.0 Å². The van der Waals surface area contributed by atoms with Gasteiger partial charge in [0.15, 0.2) is 0 Å². The molecule has 0 fully saturated rings. The van der Waals surface area contributed by atoms with E-state index in [1.165, 1.54) is 32.2 Å². The van der Waals surface area contributed by atoms with E-state index < -0.39 is 11.9 Å². The molecule has 0 saturated carbocycles. The van der Waals surface area contributed by atoms with Crippen molar-refractivity contribution in [2.45, 2.75) is 6.92 Å². The summed E-state index contributed by atoms with van der Waals surface area (Å²) in [4.78, 5) is 34.7. The zero-order valence-electron chi connectivity index (χ0n) is 12.5. The van der Waals surface area contributed by atoms with E-state index in [0.717, 1.165) is 0 Å². The quantitative estimate of drug-likeness (QED) is 0.475. The second-order valence-electron chi connectivity index (χ2n) is 4.38. The summed E-state index contributed by atoms with van der Waals surface area (Å²) in [6, 6.07) is 6.24. The topological polar surface area (TPSA) is 84.5 Å². The Bertz CT molecular complexity index is 603. The molecule has 0 unspecified atom stereocenters. The number of nitrogens with one attached hydrogen (secondary N) is 2. The average molecular weight is 302 g/mol. The second-order valence-corrected chi connectivity index (χ2v) is 4.38. The minimum atomic E-state index is -0.451. The van der Waals surface area contributed by atoms with Crippen molar-refractivity contribution in [1.82, 2.24) is 5.32 Å². The molecular weight excluding hydrogens is 284 g/mol. The predicted molar refractivity (Wildman–Crippen MR) is 83.4 cm³/mol. The molecule has 1 aromatic carbocycles. The Balaban J connectivity index is 2.67. The van der Waals surface area contributed by atoms with Crippen molar-refractivity contribution < 1.29 is 19.1 Å². The fourth-order valence-corrected chi connectivity index (χ4v) is 1.52. The molecule has 0 aliphatic carbocycles. The Labute approximate surface area is 128 Å². The second kappa shape index (κ2) is 8.41. The van der Waals surface area contributed by atoms with Crippen molar-refractivity contribution >= 4 is 23.5 Å². The van der Waals surface area contributed by atoms with Crippen LogP contribution in [0, 0.1) is 0 Å². The maximum Gasteiger partial charge on any atom is 0.337 e. The van der Waals surface area contributed by atoms with E-state index in [2.05, 4.69) is 21.9 Å². The summed E-state index contributed by atoms with van der Waals surface area (Å²) in [6.07, 6.45) is 2.76. The number of rotatable bonds is 6. The molecule has 2 amide bonds. The largest absolute Gasteiger partial charge is 0.465 e. The van der Waals surface area contributed by atoms with E-state index in [0.29, 0.717) is 17.8 Å². The maximum atomic E-state index is 11.9. The van der Waals surface area contributed by atoms with Gasteiger partial charge in [-0.3, -0.25) is 9.59 Å². The molecule has 0 heterocycles. The van der Waals surface area contributed by atoms with Gasteiger partial charge in [0.1, 0.15) is 0 Å². The smallest absolute Gasteiger partial charge is 0.337 e. The van der Waals surface area contributed by atoms with Crippen LogP contribution in [0.15, 0.2) is 48.6 Å². The molecule has 116 valence electrons. The lowest BCUT2D eigenvalue weighted by Gasteiger charge is -2.06. The minimum absolute atomic E-state index is 0.263. The predicted octanol–water partition coefficient (Wildman–Crippen LogP) is 1.66. The van der Waals surface area contributed by atoms with Crippen LogP contribution in [0.1, 0.15) is 17.3 Å². The molecule has 6 heteroatoms. The van der Waals surface area contributed by atoms with E-state index in [1.807, 2.05) is 0 Å². The number of anilines is 1. The van der Waals surface area contributed by atoms with Gasteiger partial charge in [0.05, 0.1) is 12.7 Å². The number of esters is 1. The summed E-state index contributed by atoms with van der Waals surface area (Å²) in [6.45, 7) is 5.35. The van der Waals surface area contributed by atoms with Gasteiger partial charge in [0, 0.05) is 23.9 Å². The number of carbonyl (C=O) groups is 3. The van der Waals surface area contributed by atoms with E-state index in [9.17, 15) is 14.4 Å². The summed E-state index contributed by atoms with van der Waals surface area (Å²) in [7, 11) is 1.30. The third-order valence-electron chi connectivity index (χ3n) is 2.69. The average Bonchev–Trinajstić information content (AvgIpc) is 2.52. The van der Waals surface area contributed by atoms with Crippen molar-refractivity contribution in [2.24, 2.45) is 0 Å². The van der Waals surface area contributed by atoms with E-state index in [1.54, 1.807) is 18.2 Å². The number of hydrogen-bond acceptors (Lipinski definition) is 4. The van der Waals surface area contributed by atoms with Gasteiger partial charge in [-0.1, -0.05) is 6.08 Å². The number of carbonyl (C=O) groups excluding carboxylic acids is 3. The molecule has 2 N–H and O–H groups in total. The Hall–Kier alpha value is -2.89. The van der Waals surface area contributed by atoms with E-state index >= 15 is 0 Å². The molecule has 0 aliphatic rings. The van der Waals surface area contributed by atoms with Crippen LogP contribution in [0.3, 0.4) is 0 Å². The standard InChI is InChI=1S/C16H18N2O4/c1-4-9-17-14(19)10-11(2)15(20)18-13-7-5-12(6-8-13)16(21)22-3/h4-8,10H,1,9H2,2-3H3,(H,17,19)(H,18,20)/b11-10+. The van der Waals surface area contributed by atoms with Gasteiger partial charge in [-0.25, -0.2) is 4.79 Å². The summed E-state index contributed by atoms with van der Waals surface area (Å²) in [5.74, 6) is -1.22. The molecule has 0 spiro atoms. The summed E-state index contributed by atoms with van der Waals surface area (Å²) >= 11 is 0. The van der Waals surface area contributed by atoms with Gasteiger partial charge in [-0.05, 0) is 31.2 Å². The lowest BCUT2D eigenvalue weighted by Crippen LogP contribution is -2.22. The van der Waals surface area contributed by atoms with Crippen LogP contribution in [-0.4, -0.2) is 31.4 Å².